The molecule has 0 aromatic heterocycles. The van der Waals surface area contributed by atoms with Crippen LogP contribution in [0.2, 0.25) is 0 Å². The first-order valence-electron chi connectivity index (χ1n) is 8.05. The van der Waals surface area contributed by atoms with Gasteiger partial charge in [0.15, 0.2) is 0 Å². The maximum Gasteiger partial charge on any atom is 0.226 e. The van der Waals surface area contributed by atoms with Crippen molar-refractivity contribution in [2.45, 2.75) is 51.0 Å². The van der Waals surface area contributed by atoms with Crippen LogP contribution < -0.4 is 5.32 Å². The fourth-order valence-corrected chi connectivity index (χ4v) is 3.22. The molecule has 2 aliphatic carbocycles. The molecule has 3 aliphatic rings. The van der Waals surface area contributed by atoms with Gasteiger partial charge in [0.05, 0.1) is 12.0 Å². The first-order valence-corrected chi connectivity index (χ1v) is 8.05. The van der Waals surface area contributed by atoms with Crippen LogP contribution in [0.5, 0.6) is 0 Å². The Labute approximate surface area is 125 Å². The Morgan fingerprint density at radius 1 is 1.19 bits per heavy atom. The van der Waals surface area contributed by atoms with Gasteiger partial charge in [0.2, 0.25) is 11.8 Å². The molecule has 2 saturated carbocycles. The molecule has 2 unspecified atom stereocenters. The molecule has 0 radical (unpaired) electrons. The van der Waals surface area contributed by atoms with Gasteiger partial charge in [-0.25, -0.2) is 0 Å². The van der Waals surface area contributed by atoms with Crippen molar-refractivity contribution >= 4 is 11.8 Å². The van der Waals surface area contributed by atoms with Crippen LogP contribution in [0.4, 0.5) is 0 Å². The first-order chi connectivity index (χ1) is 10.0. The molecule has 114 valence electrons. The Morgan fingerprint density at radius 3 is 2.48 bits per heavy atom. The van der Waals surface area contributed by atoms with E-state index < -0.39 is 5.54 Å². The van der Waals surface area contributed by atoms with Crippen LogP contribution in [0.1, 0.15) is 45.4 Å². The topological polar surface area (TPSA) is 73.2 Å². The van der Waals surface area contributed by atoms with E-state index in [0.717, 1.165) is 45.1 Å². The van der Waals surface area contributed by atoms with Crippen molar-refractivity contribution in [3.63, 3.8) is 0 Å². The Bertz CT molecular complexity index is 490. The van der Waals surface area contributed by atoms with Gasteiger partial charge in [-0.2, -0.15) is 5.26 Å². The van der Waals surface area contributed by atoms with Crippen LogP contribution >= 0.6 is 0 Å². The van der Waals surface area contributed by atoms with Gasteiger partial charge in [0, 0.05) is 19.0 Å². The number of carbonyl (C=O) groups is 2. The van der Waals surface area contributed by atoms with Crippen molar-refractivity contribution in [1.82, 2.24) is 10.2 Å². The molecule has 0 bridgehead atoms. The third kappa shape index (κ3) is 3.04. The van der Waals surface area contributed by atoms with Gasteiger partial charge in [-0.1, -0.05) is 0 Å². The van der Waals surface area contributed by atoms with Gasteiger partial charge in [-0.05, 0) is 51.4 Å². The summed E-state index contributed by atoms with van der Waals surface area (Å²) in [6, 6.07) is 2.26. The molecule has 21 heavy (non-hydrogen) atoms. The zero-order chi connectivity index (χ0) is 15.0. The van der Waals surface area contributed by atoms with Gasteiger partial charge in [0.1, 0.15) is 5.54 Å². The summed E-state index contributed by atoms with van der Waals surface area (Å²) in [5.41, 5.74) is -0.736. The highest BCUT2D eigenvalue weighted by Crippen LogP contribution is 2.39. The number of hydrogen-bond donors (Lipinski definition) is 1. The van der Waals surface area contributed by atoms with Crippen molar-refractivity contribution in [3.8, 4) is 6.07 Å². The summed E-state index contributed by atoms with van der Waals surface area (Å²) in [7, 11) is 0. The standard InChI is InChI=1S/C16H23N3O2/c1-16(10-17,13-6-7-13)18-14(20)12-3-2-8-19(9-12)15(21)11-4-5-11/h11-13H,2-9H2,1H3,(H,18,20). The number of hydrogen-bond acceptors (Lipinski definition) is 3. The van der Waals surface area contributed by atoms with Crippen molar-refractivity contribution in [1.29, 1.82) is 5.26 Å². The predicted molar refractivity (Wildman–Crippen MR) is 76.9 cm³/mol. The summed E-state index contributed by atoms with van der Waals surface area (Å²) in [6.07, 6.45) is 5.72. The molecule has 1 heterocycles. The SMILES string of the molecule is CC(C#N)(NC(=O)C1CCCN(C(=O)C2CC2)C1)C1CC1. The van der Waals surface area contributed by atoms with E-state index in [1.165, 1.54) is 0 Å². The van der Waals surface area contributed by atoms with E-state index in [2.05, 4.69) is 11.4 Å². The molecule has 3 rings (SSSR count). The zero-order valence-electron chi connectivity index (χ0n) is 12.6. The Balaban J connectivity index is 1.59. The van der Waals surface area contributed by atoms with Gasteiger partial charge in [-0.3, -0.25) is 9.59 Å². The van der Waals surface area contributed by atoms with E-state index in [-0.39, 0.29) is 23.7 Å². The van der Waals surface area contributed by atoms with Crippen molar-refractivity contribution < 1.29 is 9.59 Å². The highest BCUT2D eigenvalue weighted by molar-refractivity contribution is 5.84. The van der Waals surface area contributed by atoms with E-state index in [4.69, 9.17) is 0 Å². The predicted octanol–water partition coefficient (Wildman–Crippen LogP) is 1.44. The molecule has 1 N–H and O–H groups in total. The molecule has 0 spiro atoms. The van der Waals surface area contributed by atoms with Crippen LogP contribution in [-0.2, 0) is 9.59 Å². The lowest BCUT2D eigenvalue weighted by Gasteiger charge is -2.34. The lowest BCUT2D eigenvalue weighted by atomic mass is 9.92. The molecular formula is C16H23N3O2. The van der Waals surface area contributed by atoms with Crippen LogP contribution in [0, 0.1) is 29.1 Å². The van der Waals surface area contributed by atoms with Crippen LogP contribution in [0.3, 0.4) is 0 Å². The average Bonchev–Trinajstić information content (AvgIpc) is 3.38. The third-order valence-corrected chi connectivity index (χ3v) is 5.04. The third-order valence-electron chi connectivity index (χ3n) is 5.04. The maximum atomic E-state index is 12.5. The van der Waals surface area contributed by atoms with E-state index in [0.29, 0.717) is 12.5 Å². The van der Waals surface area contributed by atoms with Gasteiger partial charge < -0.3 is 10.2 Å². The van der Waals surface area contributed by atoms with E-state index in [9.17, 15) is 14.9 Å². The Hall–Kier alpha value is -1.57. The molecule has 2 amide bonds. The molecule has 5 nitrogen and oxygen atoms in total. The highest BCUT2D eigenvalue weighted by Gasteiger charge is 2.44. The number of amides is 2. The summed E-state index contributed by atoms with van der Waals surface area (Å²) >= 11 is 0. The van der Waals surface area contributed by atoms with Gasteiger partial charge >= 0.3 is 0 Å². The van der Waals surface area contributed by atoms with Crippen molar-refractivity contribution in [2.75, 3.05) is 13.1 Å². The molecule has 0 aromatic carbocycles. The normalized spacial score (nSPS) is 28.4. The summed E-state index contributed by atoms with van der Waals surface area (Å²) in [5, 5.41) is 12.3. The minimum absolute atomic E-state index is 0.0563. The minimum Gasteiger partial charge on any atom is -0.342 e. The molecule has 5 heteroatoms. The zero-order valence-corrected chi connectivity index (χ0v) is 12.6. The molecule has 2 atom stereocenters. The minimum atomic E-state index is -0.736. The largest absolute Gasteiger partial charge is 0.342 e. The lowest BCUT2D eigenvalue weighted by Crippen LogP contribution is -2.52. The average molecular weight is 289 g/mol. The summed E-state index contributed by atoms with van der Waals surface area (Å²) < 4.78 is 0. The summed E-state index contributed by atoms with van der Waals surface area (Å²) in [4.78, 5) is 26.4. The number of rotatable bonds is 4. The molecule has 1 saturated heterocycles. The van der Waals surface area contributed by atoms with E-state index in [1.54, 1.807) is 0 Å². The summed E-state index contributed by atoms with van der Waals surface area (Å²) in [5.74, 6) is 0.506. The second kappa shape index (κ2) is 5.32. The Kier molecular flexibility index (Phi) is 3.64. The fourth-order valence-electron chi connectivity index (χ4n) is 3.22. The number of piperidine rings is 1. The number of likely N-dealkylation sites (tertiary alicyclic amines) is 1. The highest BCUT2D eigenvalue weighted by atomic mass is 16.2. The molecule has 1 aliphatic heterocycles. The second-order valence-electron chi connectivity index (χ2n) is 6.98. The maximum absolute atomic E-state index is 12.5. The van der Waals surface area contributed by atoms with E-state index in [1.807, 2.05) is 11.8 Å². The molecular weight excluding hydrogens is 266 g/mol. The van der Waals surface area contributed by atoms with Crippen molar-refractivity contribution in [3.05, 3.63) is 0 Å². The Morgan fingerprint density at radius 2 is 1.90 bits per heavy atom. The summed E-state index contributed by atoms with van der Waals surface area (Å²) in [6.45, 7) is 3.11. The quantitative estimate of drug-likeness (QED) is 0.851. The van der Waals surface area contributed by atoms with Crippen LogP contribution in [-0.4, -0.2) is 35.3 Å². The number of carbonyl (C=O) groups excluding carboxylic acids is 2. The number of nitriles is 1. The van der Waals surface area contributed by atoms with Crippen LogP contribution in [0.15, 0.2) is 0 Å². The van der Waals surface area contributed by atoms with Gasteiger partial charge in [-0.15, -0.1) is 0 Å². The van der Waals surface area contributed by atoms with Gasteiger partial charge in [0.25, 0.3) is 0 Å². The van der Waals surface area contributed by atoms with Crippen LogP contribution in [0.25, 0.3) is 0 Å². The molecule has 3 fully saturated rings. The fraction of sp³-hybridized carbons (Fsp3) is 0.812. The monoisotopic (exact) mass is 289 g/mol. The lowest BCUT2D eigenvalue weighted by molar-refractivity contribution is -0.137. The molecule has 0 aromatic rings. The smallest absolute Gasteiger partial charge is 0.226 e. The second-order valence-corrected chi connectivity index (χ2v) is 6.98. The van der Waals surface area contributed by atoms with Crippen molar-refractivity contribution in [2.24, 2.45) is 17.8 Å². The number of nitrogens with zero attached hydrogens (tertiary/aromatic N) is 2. The number of nitrogens with one attached hydrogen (secondary N) is 1. The first kappa shape index (κ1) is 14.4. The van der Waals surface area contributed by atoms with E-state index >= 15 is 0 Å².